The molecule has 4 nitrogen and oxygen atoms in total. The Balaban J connectivity index is 3.02. The summed E-state index contributed by atoms with van der Waals surface area (Å²) in [4.78, 5) is 4.35. The lowest BCUT2D eigenvalue weighted by atomic mass is 10.3. The summed E-state index contributed by atoms with van der Waals surface area (Å²) in [6.45, 7) is 5.57. The number of sulfonamides is 1. The fourth-order valence-electron chi connectivity index (χ4n) is 1.23. The molecule has 0 bridgehead atoms. The van der Waals surface area contributed by atoms with Crippen LogP contribution in [-0.4, -0.2) is 14.6 Å². The molecule has 18 heavy (non-hydrogen) atoms. The van der Waals surface area contributed by atoms with Crippen molar-refractivity contribution in [3.63, 3.8) is 0 Å². The molecular formula is C13H18N2O2S. The van der Waals surface area contributed by atoms with E-state index in [1.54, 1.807) is 36.5 Å². The van der Waals surface area contributed by atoms with Crippen molar-refractivity contribution < 1.29 is 8.42 Å². The summed E-state index contributed by atoms with van der Waals surface area (Å²) in [5, 5.41) is 0. The van der Waals surface area contributed by atoms with Crippen LogP contribution in [0.3, 0.4) is 0 Å². The topological polar surface area (TPSA) is 58.5 Å². The summed E-state index contributed by atoms with van der Waals surface area (Å²) in [6.07, 6.45) is 2.43. The van der Waals surface area contributed by atoms with E-state index >= 15 is 0 Å². The van der Waals surface area contributed by atoms with E-state index in [9.17, 15) is 8.42 Å². The predicted octanol–water partition coefficient (Wildman–Crippen LogP) is 2.70. The summed E-state index contributed by atoms with van der Waals surface area (Å²) in [6, 6.07) is 8.25. The highest BCUT2D eigenvalue weighted by Crippen LogP contribution is 2.11. The molecule has 0 unspecified atom stereocenters. The number of aliphatic imine (C=N–C) groups is 1. The molecule has 0 aliphatic heterocycles. The van der Waals surface area contributed by atoms with Gasteiger partial charge in [0.2, 0.25) is 0 Å². The normalized spacial score (nSPS) is 11.5. The highest BCUT2D eigenvalue weighted by molar-refractivity contribution is 7.89. The minimum atomic E-state index is -3.56. The molecule has 0 saturated heterocycles. The standard InChI is InChI=1S/C13H18N2O2S/c1-4-10-14-13(11(2)3)15-18(16,17)12-8-6-5-7-9-12/h5-10,15H,4H2,1-3H3/b14-10-. The fourth-order valence-corrected chi connectivity index (χ4v) is 2.37. The van der Waals surface area contributed by atoms with Crippen LogP contribution in [-0.2, 0) is 10.0 Å². The maximum atomic E-state index is 12.1. The molecule has 1 aromatic rings. The Labute approximate surface area is 109 Å². The molecule has 0 aliphatic carbocycles. The molecule has 5 heteroatoms. The molecule has 1 N–H and O–H groups in total. The number of nitrogens with zero attached hydrogens (tertiary/aromatic N) is 1. The molecular weight excluding hydrogens is 248 g/mol. The average Bonchev–Trinajstić information content (AvgIpc) is 2.35. The van der Waals surface area contributed by atoms with Crippen LogP contribution in [0, 0.1) is 0 Å². The Bertz CT molecular complexity index is 542. The number of hydrogen-bond acceptors (Lipinski definition) is 3. The quantitative estimate of drug-likeness (QED) is 0.833. The minimum Gasteiger partial charge on any atom is -0.263 e. The number of allylic oxidation sites excluding steroid dienone is 1. The van der Waals surface area contributed by atoms with Crippen molar-refractivity contribution in [3.8, 4) is 0 Å². The Morgan fingerprint density at radius 3 is 2.39 bits per heavy atom. The van der Waals surface area contributed by atoms with Gasteiger partial charge in [-0.2, -0.15) is 0 Å². The molecule has 0 amide bonds. The van der Waals surface area contributed by atoms with Crippen LogP contribution < -0.4 is 4.72 Å². The Kier molecular flexibility index (Phi) is 5.09. The maximum absolute atomic E-state index is 12.1. The molecule has 0 radical (unpaired) electrons. The number of hydrogen-bond donors (Lipinski definition) is 1. The first-order valence-corrected chi connectivity index (χ1v) is 7.23. The van der Waals surface area contributed by atoms with Gasteiger partial charge in [0.15, 0.2) is 0 Å². The molecule has 0 fully saturated rings. The lowest BCUT2D eigenvalue weighted by Gasteiger charge is -2.09. The van der Waals surface area contributed by atoms with Gasteiger partial charge in [0, 0.05) is 6.21 Å². The van der Waals surface area contributed by atoms with Crippen LogP contribution in [0.4, 0.5) is 0 Å². The second-order valence-electron chi connectivity index (χ2n) is 3.99. The zero-order valence-electron chi connectivity index (χ0n) is 10.8. The monoisotopic (exact) mass is 266 g/mol. The van der Waals surface area contributed by atoms with Gasteiger partial charge in [0.25, 0.3) is 10.0 Å². The predicted molar refractivity (Wildman–Crippen MR) is 73.9 cm³/mol. The van der Waals surface area contributed by atoms with Gasteiger partial charge in [-0.05, 0) is 38.0 Å². The smallest absolute Gasteiger partial charge is 0.263 e. The second-order valence-corrected chi connectivity index (χ2v) is 5.67. The van der Waals surface area contributed by atoms with Gasteiger partial charge in [-0.1, -0.05) is 25.1 Å². The molecule has 1 aromatic carbocycles. The summed E-state index contributed by atoms with van der Waals surface area (Å²) < 4.78 is 26.7. The van der Waals surface area contributed by atoms with E-state index in [0.29, 0.717) is 5.82 Å². The highest BCUT2D eigenvalue weighted by atomic mass is 32.2. The van der Waals surface area contributed by atoms with E-state index in [1.807, 2.05) is 20.8 Å². The molecule has 0 atom stereocenters. The lowest BCUT2D eigenvalue weighted by molar-refractivity contribution is 0.588. The lowest BCUT2D eigenvalue weighted by Crippen LogP contribution is -2.23. The third-order valence-electron chi connectivity index (χ3n) is 2.16. The van der Waals surface area contributed by atoms with Gasteiger partial charge in [0.05, 0.1) is 4.90 Å². The van der Waals surface area contributed by atoms with Gasteiger partial charge >= 0.3 is 0 Å². The van der Waals surface area contributed by atoms with Crippen molar-refractivity contribution in [2.24, 2.45) is 4.99 Å². The van der Waals surface area contributed by atoms with Crippen molar-refractivity contribution >= 4 is 16.2 Å². The van der Waals surface area contributed by atoms with Gasteiger partial charge in [0.1, 0.15) is 5.82 Å². The SMILES string of the molecule is CC/C=N\C(NS(=O)(=O)c1ccccc1)=C(C)C. The van der Waals surface area contributed by atoms with E-state index in [1.165, 1.54) is 0 Å². The molecule has 0 aromatic heterocycles. The maximum Gasteiger partial charge on any atom is 0.263 e. The van der Waals surface area contributed by atoms with Crippen LogP contribution in [0.15, 0.2) is 51.6 Å². The van der Waals surface area contributed by atoms with Crippen LogP contribution in [0.5, 0.6) is 0 Å². The van der Waals surface area contributed by atoms with Crippen molar-refractivity contribution in [2.45, 2.75) is 32.1 Å². The third kappa shape index (κ3) is 4.00. The van der Waals surface area contributed by atoms with Crippen molar-refractivity contribution in [3.05, 3.63) is 41.7 Å². The van der Waals surface area contributed by atoms with Crippen LogP contribution >= 0.6 is 0 Å². The van der Waals surface area contributed by atoms with E-state index < -0.39 is 10.0 Å². The third-order valence-corrected chi connectivity index (χ3v) is 3.52. The summed E-state index contributed by atoms with van der Waals surface area (Å²) >= 11 is 0. The first-order valence-electron chi connectivity index (χ1n) is 5.75. The largest absolute Gasteiger partial charge is 0.263 e. The number of rotatable bonds is 5. The van der Waals surface area contributed by atoms with Gasteiger partial charge in [-0.3, -0.25) is 4.72 Å². The molecule has 1 rings (SSSR count). The zero-order chi connectivity index (χ0) is 13.6. The van der Waals surface area contributed by atoms with E-state index in [2.05, 4.69) is 9.71 Å². The molecule has 0 spiro atoms. The minimum absolute atomic E-state index is 0.232. The van der Waals surface area contributed by atoms with E-state index in [0.717, 1.165) is 12.0 Å². The van der Waals surface area contributed by atoms with Crippen molar-refractivity contribution in [1.29, 1.82) is 0 Å². The first kappa shape index (κ1) is 14.4. The molecule has 0 aliphatic rings. The van der Waals surface area contributed by atoms with Gasteiger partial charge in [-0.15, -0.1) is 0 Å². The van der Waals surface area contributed by atoms with Crippen LogP contribution in [0.1, 0.15) is 27.2 Å². The number of nitrogens with one attached hydrogen (secondary N) is 1. The molecule has 0 saturated carbocycles. The average molecular weight is 266 g/mol. The van der Waals surface area contributed by atoms with Gasteiger partial charge in [-0.25, -0.2) is 13.4 Å². The second kappa shape index (κ2) is 6.35. The molecule has 98 valence electrons. The van der Waals surface area contributed by atoms with Crippen molar-refractivity contribution in [1.82, 2.24) is 4.72 Å². The van der Waals surface area contributed by atoms with E-state index in [4.69, 9.17) is 0 Å². The zero-order valence-corrected chi connectivity index (χ0v) is 11.7. The summed E-state index contributed by atoms with van der Waals surface area (Å²) in [7, 11) is -3.56. The Hall–Kier alpha value is -1.62. The number of benzene rings is 1. The summed E-state index contributed by atoms with van der Waals surface area (Å²) in [5.74, 6) is 0.376. The van der Waals surface area contributed by atoms with Crippen molar-refractivity contribution in [2.75, 3.05) is 0 Å². The highest BCUT2D eigenvalue weighted by Gasteiger charge is 2.14. The Morgan fingerprint density at radius 2 is 1.89 bits per heavy atom. The van der Waals surface area contributed by atoms with Crippen LogP contribution in [0.25, 0.3) is 0 Å². The van der Waals surface area contributed by atoms with Gasteiger partial charge < -0.3 is 0 Å². The Morgan fingerprint density at radius 1 is 1.28 bits per heavy atom. The first-order chi connectivity index (χ1) is 8.47. The fraction of sp³-hybridized carbons (Fsp3) is 0.308. The van der Waals surface area contributed by atoms with E-state index in [-0.39, 0.29) is 4.90 Å². The summed E-state index contributed by atoms with van der Waals surface area (Å²) in [5.41, 5.74) is 0.819. The van der Waals surface area contributed by atoms with Crippen LogP contribution in [0.2, 0.25) is 0 Å². The molecule has 0 heterocycles.